The van der Waals surface area contributed by atoms with Crippen LogP contribution in [-0.2, 0) is 4.79 Å². The Labute approximate surface area is 167 Å². The van der Waals surface area contributed by atoms with Crippen LogP contribution in [0.25, 0.3) is 5.69 Å². The molecule has 8 heteroatoms. The number of benzene rings is 2. The Morgan fingerprint density at radius 3 is 2.57 bits per heavy atom. The molecule has 0 radical (unpaired) electrons. The number of ketones is 1. The highest BCUT2D eigenvalue weighted by Gasteiger charge is 2.14. The largest absolute Gasteiger partial charge is 0.326 e. The van der Waals surface area contributed by atoms with Crippen molar-refractivity contribution < 1.29 is 9.59 Å². The van der Waals surface area contributed by atoms with Gasteiger partial charge in [-0.2, -0.15) is 4.68 Å². The van der Waals surface area contributed by atoms with Crippen LogP contribution >= 0.6 is 11.8 Å². The van der Waals surface area contributed by atoms with Crippen molar-refractivity contribution in [1.29, 1.82) is 0 Å². The van der Waals surface area contributed by atoms with Gasteiger partial charge in [-0.15, -0.1) is 5.10 Å². The molecule has 0 aliphatic heterocycles. The molecule has 1 aromatic heterocycles. The van der Waals surface area contributed by atoms with E-state index in [1.165, 1.54) is 11.8 Å². The van der Waals surface area contributed by atoms with E-state index in [1.54, 1.807) is 28.9 Å². The summed E-state index contributed by atoms with van der Waals surface area (Å²) in [5.41, 5.74) is 3.19. The molecule has 3 aromatic rings. The average molecular weight is 395 g/mol. The monoisotopic (exact) mass is 395 g/mol. The van der Waals surface area contributed by atoms with E-state index in [4.69, 9.17) is 0 Å². The number of Topliss-reactive ketones (excluding diaryl/α,β-unsaturated/α-hetero) is 1. The number of amides is 1. The number of rotatable bonds is 8. The summed E-state index contributed by atoms with van der Waals surface area (Å²) in [4.78, 5) is 24.1. The number of para-hydroxylation sites is 1. The maximum absolute atomic E-state index is 12.5. The van der Waals surface area contributed by atoms with E-state index in [-0.39, 0.29) is 17.4 Å². The Kier molecular flexibility index (Phi) is 6.54. The van der Waals surface area contributed by atoms with Gasteiger partial charge in [-0.25, -0.2) is 0 Å². The molecule has 28 heavy (non-hydrogen) atoms. The summed E-state index contributed by atoms with van der Waals surface area (Å²) in [6, 6.07) is 14.7. The molecule has 1 N–H and O–H groups in total. The van der Waals surface area contributed by atoms with Crippen molar-refractivity contribution in [2.75, 3.05) is 11.1 Å². The van der Waals surface area contributed by atoms with Gasteiger partial charge in [0.15, 0.2) is 5.78 Å². The molecule has 1 amide bonds. The van der Waals surface area contributed by atoms with Crippen molar-refractivity contribution in [3.8, 4) is 5.69 Å². The second kappa shape index (κ2) is 9.27. The molecular formula is C20H21N5O2S. The van der Waals surface area contributed by atoms with Crippen LogP contribution in [0.15, 0.2) is 53.7 Å². The van der Waals surface area contributed by atoms with Crippen molar-refractivity contribution >= 4 is 29.1 Å². The fraction of sp³-hybridized carbons (Fsp3) is 0.250. The van der Waals surface area contributed by atoms with Crippen LogP contribution in [-0.4, -0.2) is 37.7 Å². The molecule has 0 unspecified atom stereocenters. The summed E-state index contributed by atoms with van der Waals surface area (Å²) in [7, 11) is 0. The number of carbonyl (C=O) groups is 2. The molecule has 0 aliphatic carbocycles. The van der Waals surface area contributed by atoms with Gasteiger partial charge < -0.3 is 5.32 Å². The molecule has 1 heterocycles. The van der Waals surface area contributed by atoms with Crippen LogP contribution in [0.5, 0.6) is 0 Å². The topological polar surface area (TPSA) is 89.8 Å². The van der Waals surface area contributed by atoms with Crippen LogP contribution in [0.4, 0.5) is 5.69 Å². The van der Waals surface area contributed by atoms with Gasteiger partial charge in [-0.1, -0.05) is 36.9 Å². The first-order valence-corrected chi connectivity index (χ1v) is 9.97. The minimum Gasteiger partial charge on any atom is -0.326 e. The number of anilines is 1. The Morgan fingerprint density at radius 1 is 1.11 bits per heavy atom. The predicted molar refractivity (Wildman–Crippen MR) is 109 cm³/mol. The van der Waals surface area contributed by atoms with E-state index >= 15 is 0 Å². The van der Waals surface area contributed by atoms with E-state index in [0.29, 0.717) is 22.8 Å². The number of carbonyl (C=O) groups excluding carboxylic acids is 2. The molecule has 0 spiro atoms. The molecule has 0 saturated carbocycles. The number of aryl methyl sites for hydroxylation is 1. The fourth-order valence-corrected chi connectivity index (χ4v) is 3.40. The first-order chi connectivity index (χ1) is 13.6. The summed E-state index contributed by atoms with van der Waals surface area (Å²) < 4.78 is 1.64. The molecule has 7 nitrogen and oxygen atoms in total. The number of thioether (sulfide) groups is 1. The number of aromatic nitrogens is 4. The fourth-order valence-electron chi connectivity index (χ4n) is 2.62. The lowest BCUT2D eigenvalue weighted by atomic mass is 10.1. The van der Waals surface area contributed by atoms with Crippen molar-refractivity contribution in [2.24, 2.45) is 0 Å². The summed E-state index contributed by atoms with van der Waals surface area (Å²) in [5, 5.41) is 15.2. The summed E-state index contributed by atoms with van der Waals surface area (Å²) >= 11 is 1.29. The third kappa shape index (κ3) is 4.83. The maximum atomic E-state index is 12.5. The zero-order valence-corrected chi connectivity index (χ0v) is 16.6. The van der Waals surface area contributed by atoms with Crippen LogP contribution < -0.4 is 5.32 Å². The van der Waals surface area contributed by atoms with Crippen LogP contribution in [0.3, 0.4) is 0 Å². The summed E-state index contributed by atoms with van der Waals surface area (Å²) in [6.45, 7) is 3.94. The van der Waals surface area contributed by atoms with E-state index in [2.05, 4.69) is 20.8 Å². The lowest BCUT2D eigenvalue weighted by Gasteiger charge is -2.07. The SMILES string of the molecule is CCCC(=O)Nc1ccc(C(=O)CSc2nnnn2-c2ccccc2C)cc1. The second-order valence-electron chi connectivity index (χ2n) is 6.25. The Bertz CT molecular complexity index is 969. The third-order valence-electron chi connectivity index (χ3n) is 4.08. The Hall–Kier alpha value is -3.00. The van der Waals surface area contributed by atoms with E-state index in [0.717, 1.165) is 17.7 Å². The second-order valence-corrected chi connectivity index (χ2v) is 7.19. The third-order valence-corrected chi connectivity index (χ3v) is 5.00. The van der Waals surface area contributed by atoms with Crippen LogP contribution in [0.2, 0.25) is 0 Å². The van der Waals surface area contributed by atoms with Gasteiger partial charge in [0, 0.05) is 17.7 Å². The number of hydrogen-bond donors (Lipinski definition) is 1. The lowest BCUT2D eigenvalue weighted by Crippen LogP contribution is -2.11. The maximum Gasteiger partial charge on any atom is 0.224 e. The van der Waals surface area contributed by atoms with Crippen molar-refractivity contribution in [2.45, 2.75) is 31.8 Å². The van der Waals surface area contributed by atoms with Crippen LogP contribution in [0, 0.1) is 6.92 Å². The molecule has 144 valence electrons. The van der Waals surface area contributed by atoms with Gasteiger partial charge >= 0.3 is 0 Å². The quantitative estimate of drug-likeness (QED) is 0.462. The predicted octanol–water partition coefficient (Wildman–Crippen LogP) is 3.68. The molecule has 3 rings (SSSR count). The minimum absolute atomic E-state index is 0.0276. The molecule has 2 aromatic carbocycles. The zero-order valence-electron chi connectivity index (χ0n) is 15.8. The zero-order chi connectivity index (χ0) is 19.9. The highest BCUT2D eigenvalue weighted by molar-refractivity contribution is 7.99. The van der Waals surface area contributed by atoms with Gasteiger partial charge in [0.25, 0.3) is 0 Å². The smallest absolute Gasteiger partial charge is 0.224 e. The van der Waals surface area contributed by atoms with Crippen LogP contribution in [0.1, 0.15) is 35.7 Å². The summed E-state index contributed by atoms with van der Waals surface area (Å²) in [5.74, 6) is 0.157. The molecule has 0 fully saturated rings. The highest BCUT2D eigenvalue weighted by Crippen LogP contribution is 2.21. The standard InChI is InChI=1S/C20H21N5O2S/c1-3-6-19(27)21-16-11-9-15(10-12-16)18(26)13-28-20-22-23-24-25(20)17-8-5-4-7-14(17)2/h4-5,7-12H,3,6,13H2,1-2H3,(H,21,27). The van der Waals surface area contributed by atoms with E-state index in [9.17, 15) is 9.59 Å². The molecular weight excluding hydrogens is 374 g/mol. The van der Waals surface area contributed by atoms with Gasteiger partial charge in [-0.3, -0.25) is 9.59 Å². The molecule has 0 aliphatic rings. The molecule has 0 bridgehead atoms. The van der Waals surface area contributed by atoms with E-state index < -0.39 is 0 Å². The normalized spacial score (nSPS) is 10.6. The number of hydrogen-bond acceptors (Lipinski definition) is 6. The average Bonchev–Trinajstić information content (AvgIpc) is 3.15. The Balaban J connectivity index is 1.63. The summed E-state index contributed by atoms with van der Waals surface area (Å²) in [6.07, 6.45) is 1.27. The van der Waals surface area contributed by atoms with E-state index in [1.807, 2.05) is 38.1 Å². The van der Waals surface area contributed by atoms with Gasteiger partial charge in [0.1, 0.15) is 0 Å². The first-order valence-electron chi connectivity index (χ1n) is 8.98. The first kappa shape index (κ1) is 19.8. The molecule has 0 atom stereocenters. The minimum atomic E-state index is -0.0317. The van der Waals surface area contributed by atoms with Crippen molar-refractivity contribution in [3.63, 3.8) is 0 Å². The number of nitrogens with zero attached hydrogens (tertiary/aromatic N) is 4. The van der Waals surface area contributed by atoms with Crippen molar-refractivity contribution in [3.05, 3.63) is 59.7 Å². The Morgan fingerprint density at radius 2 is 1.86 bits per heavy atom. The highest BCUT2D eigenvalue weighted by atomic mass is 32.2. The van der Waals surface area contributed by atoms with Gasteiger partial charge in [0.2, 0.25) is 11.1 Å². The number of tetrazole rings is 1. The molecule has 0 saturated heterocycles. The number of nitrogens with one attached hydrogen (secondary N) is 1. The van der Waals surface area contributed by atoms with Gasteiger partial charge in [0.05, 0.1) is 11.4 Å². The lowest BCUT2D eigenvalue weighted by molar-refractivity contribution is -0.116. The van der Waals surface area contributed by atoms with Gasteiger partial charge in [-0.05, 0) is 59.7 Å². The van der Waals surface area contributed by atoms with Crippen molar-refractivity contribution in [1.82, 2.24) is 20.2 Å².